The molecule has 112 valence electrons. The van der Waals surface area contributed by atoms with E-state index >= 15 is 0 Å². The van der Waals surface area contributed by atoms with Crippen LogP contribution in [-0.4, -0.2) is 0 Å². The highest BCUT2D eigenvalue weighted by Gasteiger charge is 2.17. The molecule has 1 heteroatoms. The van der Waals surface area contributed by atoms with Gasteiger partial charge in [-0.2, -0.15) is 0 Å². The largest absolute Gasteiger partial charge is 0.324 e. The fraction of sp³-hybridized carbons (Fsp3) is 0.400. The number of unbranched alkanes of at least 4 members (excludes halogenated alkanes) is 1. The highest BCUT2D eigenvalue weighted by molar-refractivity contribution is 5.63. The van der Waals surface area contributed by atoms with E-state index in [1.165, 1.54) is 36.0 Å². The van der Waals surface area contributed by atoms with E-state index in [4.69, 9.17) is 5.73 Å². The minimum atomic E-state index is 0.159. The SMILES string of the molecule is CCCCC(CC)C(N)c1ccc(-c2ccccc2)cc1. The predicted molar refractivity (Wildman–Crippen MR) is 92.1 cm³/mol. The van der Waals surface area contributed by atoms with E-state index in [1.54, 1.807) is 0 Å². The second-order valence-corrected chi connectivity index (χ2v) is 5.82. The van der Waals surface area contributed by atoms with Crippen molar-refractivity contribution in [3.63, 3.8) is 0 Å². The van der Waals surface area contributed by atoms with Gasteiger partial charge in [-0.15, -0.1) is 0 Å². The fourth-order valence-electron chi connectivity index (χ4n) is 2.90. The Morgan fingerprint density at radius 3 is 2.05 bits per heavy atom. The van der Waals surface area contributed by atoms with Crippen molar-refractivity contribution in [3.8, 4) is 11.1 Å². The summed E-state index contributed by atoms with van der Waals surface area (Å²) in [4.78, 5) is 0. The van der Waals surface area contributed by atoms with E-state index in [1.807, 2.05) is 6.07 Å². The average Bonchev–Trinajstić information content (AvgIpc) is 2.56. The summed E-state index contributed by atoms with van der Waals surface area (Å²) in [7, 11) is 0. The lowest BCUT2D eigenvalue weighted by Gasteiger charge is -2.23. The van der Waals surface area contributed by atoms with Gasteiger partial charge in [0.25, 0.3) is 0 Å². The van der Waals surface area contributed by atoms with Gasteiger partial charge >= 0.3 is 0 Å². The molecule has 0 saturated heterocycles. The van der Waals surface area contributed by atoms with E-state index in [2.05, 4.69) is 62.4 Å². The number of hydrogen-bond acceptors (Lipinski definition) is 1. The molecular formula is C20H27N. The van der Waals surface area contributed by atoms with Gasteiger partial charge in [0.05, 0.1) is 0 Å². The molecule has 2 N–H and O–H groups in total. The first-order valence-electron chi connectivity index (χ1n) is 8.17. The van der Waals surface area contributed by atoms with Gasteiger partial charge in [-0.25, -0.2) is 0 Å². The highest BCUT2D eigenvalue weighted by Crippen LogP contribution is 2.28. The van der Waals surface area contributed by atoms with Crippen LogP contribution in [0.5, 0.6) is 0 Å². The summed E-state index contributed by atoms with van der Waals surface area (Å²) in [5.74, 6) is 0.590. The summed E-state index contributed by atoms with van der Waals surface area (Å²) in [6.07, 6.45) is 4.90. The Kier molecular flexibility index (Phi) is 6.01. The molecule has 21 heavy (non-hydrogen) atoms. The molecule has 0 fully saturated rings. The minimum absolute atomic E-state index is 0.159. The maximum absolute atomic E-state index is 6.48. The summed E-state index contributed by atoms with van der Waals surface area (Å²) in [6.45, 7) is 4.49. The summed E-state index contributed by atoms with van der Waals surface area (Å²) in [5, 5.41) is 0. The first-order chi connectivity index (χ1) is 10.3. The topological polar surface area (TPSA) is 26.0 Å². The van der Waals surface area contributed by atoms with Crippen LogP contribution in [0.1, 0.15) is 51.1 Å². The molecule has 0 bridgehead atoms. The lowest BCUT2D eigenvalue weighted by atomic mass is 9.87. The molecule has 0 aromatic heterocycles. The molecule has 2 aromatic rings. The summed E-state index contributed by atoms with van der Waals surface area (Å²) in [5.41, 5.74) is 10.3. The second-order valence-electron chi connectivity index (χ2n) is 5.82. The standard InChI is InChI=1S/C20H27N/c1-3-5-9-16(4-2)20(21)19-14-12-18(13-15-19)17-10-7-6-8-11-17/h6-8,10-16,20H,3-5,9,21H2,1-2H3. The predicted octanol–water partition coefficient (Wildman–Crippen LogP) is 5.57. The molecule has 0 saturated carbocycles. The van der Waals surface area contributed by atoms with Crippen LogP contribution in [0.2, 0.25) is 0 Å². The quantitative estimate of drug-likeness (QED) is 0.705. The Hall–Kier alpha value is -1.60. The van der Waals surface area contributed by atoms with Crippen molar-refractivity contribution in [1.82, 2.24) is 0 Å². The van der Waals surface area contributed by atoms with Crippen molar-refractivity contribution < 1.29 is 0 Å². The van der Waals surface area contributed by atoms with Crippen LogP contribution < -0.4 is 5.73 Å². The zero-order valence-corrected chi connectivity index (χ0v) is 13.3. The molecule has 0 spiro atoms. The molecule has 0 amide bonds. The highest BCUT2D eigenvalue weighted by atomic mass is 14.6. The molecule has 0 aliphatic carbocycles. The Labute approximate surface area is 129 Å². The Balaban J connectivity index is 2.10. The zero-order valence-electron chi connectivity index (χ0n) is 13.3. The summed E-state index contributed by atoms with van der Waals surface area (Å²) in [6, 6.07) is 19.4. The smallest absolute Gasteiger partial charge is 0.0323 e. The first-order valence-corrected chi connectivity index (χ1v) is 8.17. The molecule has 0 heterocycles. The minimum Gasteiger partial charge on any atom is -0.324 e. The molecule has 2 aromatic carbocycles. The van der Waals surface area contributed by atoms with Crippen LogP contribution in [-0.2, 0) is 0 Å². The van der Waals surface area contributed by atoms with E-state index in [0.29, 0.717) is 5.92 Å². The van der Waals surface area contributed by atoms with Crippen LogP contribution in [0.15, 0.2) is 54.6 Å². The molecule has 0 aliphatic heterocycles. The Morgan fingerprint density at radius 2 is 1.48 bits per heavy atom. The Morgan fingerprint density at radius 1 is 0.857 bits per heavy atom. The van der Waals surface area contributed by atoms with Gasteiger partial charge < -0.3 is 5.73 Å². The van der Waals surface area contributed by atoms with E-state index in [-0.39, 0.29) is 6.04 Å². The van der Waals surface area contributed by atoms with Crippen molar-refractivity contribution in [2.45, 2.75) is 45.6 Å². The van der Waals surface area contributed by atoms with Gasteiger partial charge in [0.1, 0.15) is 0 Å². The molecule has 0 radical (unpaired) electrons. The van der Waals surface area contributed by atoms with Crippen molar-refractivity contribution in [2.75, 3.05) is 0 Å². The van der Waals surface area contributed by atoms with Gasteiger partial charge in [-0.3, -0.25) is 0 Å². The second kappa shape index (κ2) is 7.99. The third-order valence-corrected chi connectivity index (χ3v) is 4.36. The molecule has 1 nitrogen and oxygen atoms in total. The summed E-state index contributed by atoms with van der Waals surface area (Å²) >= 11 is 0. The Bertz CT molecular complexity index is 515. The van der Waals surface area contributed by atoms with Gasteiger partial charge in [0, 0.05) is 6.04 Å². The zero-order chi connectivity index (χ0) is 15.1. The fourth-order valence-corrected chi connectivity index (χ4v) is 2.90. The van der Waals surface area contributed by atoms with Crippen LogP contribution in [0.4, 0.5) is 0 Å². The lowest BCUT2D eigenvalue weighted by Crippen LogP contribution is -2.21. The van der Waals surface area contributed by atoms with Gasteiger partial charge in [0.15, 0.2) is 0 Å². The van der Waals surface area contributed by atoms with Gasteiger partial charge in [-0.05, 0) is 29.0 Å². The van der Waals surface area contributed by atoms with Crippen LogP contribution in [0.3, 0.4) is 0 Å². The van der Waals surface area contributed by atoms with E-state index in [0.717, 1.165) is 6.42 Å². The molecule has 2 unspecified atom stereocenters. The molecule has 0 aliphatic rings. The van der Waals surface area contributed by atoms with Crippen LogP contribution >= 0.6 is 0 Å². The molecule has 2 atom stereocenters. The molecule has 2 rings (SSSR count). The monoisotopic (exact) mass is 281 g/mol. The van der Waals surface area contributed by atoms with E-state index < -0.39 is 0 Å². The van der Waals surface area contributed by atoms with Crippen molar-refractivity contribution in [1.29, 1.82) is 0 Å². The summed E-state index contributed by atoms with van der Waals surface area (Å²) < 4.78 is 0. The first kappa shape index (κ1) is 15.8. The van der Waals surface area contributed by atoms with Crippen molar-refractivity contribution in [3.05, 3.63) is 60.2 Å². The van der Waals surface area contributed by atoms with Crippen molar-refractivity contribution in [2.24, 2.45) is 11.7 Å². The number of rotatable bonds is 7. The van der Waals surface area contributed by atoms with Crippen molar-refractivity contribution >= 4 is 0 Å². The maximum atomic E-state index is 6.48. The maximum Gasteiger partial charge on any atom is 0.0323 e. The van der Waals surface area contributed by atoms with Crippen LogP contribution in [0, 0.1) is 5.92 Å². The van der Waals surface area contributed by atoms with Crippen LogP contribution in [0.25, 0.3) is 11.1 Å². The number of benzene rings is 2. The third kappa shape index (κ3) is 4.18. The lowest BCUT2D eigenvalue weighted by molar-refractivity contribution is 0.378. The average molecular weight is 281 g/mol. The number of nitrogens with two attached hydrogens (primary N) is 1. The van der Waals surface area contributed by atoms with E-state index in [9.17, 15) is 0 Å². The normalized spacial score (nSPS) is 13.9. The number of hydrogen-bond donors (Lipinski definition) is 1. The third-order valence-electron chi connectivity index (χ3n) is 4.36. The van der Waals surface area contributed by atoms with Gasteiger partial charge in [-0.1, -0.05) is 87.7 Å². The molecular weight excluding hydrogens is 254 g/mol. The van der Waals surface area contributed by atoms with Gasteiger partial charge in [0.2, 0.25) is 0 Å².